The Balaban J connectivity index is 1.77. The van der Waals surface area contributed by atoms with E-state index in [1.807, 2.05) is 38.1 Å². The summed E-state index contributed by atoms with van der Waals surface area (Å²) in [5.74, 6) is -0.323. The van der Waals surface area contributed by atoms with Crippen LogP contribution in [0.3, 0.4) is 0 Å². The molecular weight excluding hydrogens is 340 g/mol. The molecule has 0 spiro atoms. The lowest BCUT2D eigenvalue weighted by molar-refractivity contribution is -0.128. The van der Waals surface area contributed by atoms with Gasteiger partial charge in [0, 0.05) is 11.1 Å². The fourth-order valence-corrected chi connectivity index (χ4v) is 2.35. The number of aryl methyl sites for hydroxylation is 2. The van der Waals surface area contributed by atoms with E-state index < -0.39 is 11.8 Å². The summed E-state index contributed by atoms with van der Waals surface area (Å²) in [7, 11) is 0. The molecule has 2 N–H and O–H groups in total. The molecule has 5 nitrogen and oxygen atoms in total. The minimum Gasteiger partial charge on any atom is -0.484 e. The van der Waals surface area contributed by atoms with Crippen LogP contribution >= 0.6 is 11.6 Å². The molecule has 2 amide bonds. The van der Waals surface area contributed by atoms with Crippen molar-refractivity contribution in [3.8, 4) is 5.75 Å². The molecule has 0 bridgehead atoms. The van der Waals surface area contributed by atoms with Crippen molar-refractivity contribution in [3.63, 3.8) is 0 Å². The number of carbonyl (C=O) groups excluding carboxylic acids is 2. The molecule has 130 valence electrons. The maximum absolute atomic E-state index is 11.7. The first-order chi connectivity index (χ1) is 11.9. The Kier molecular flexibility index (Phi) is 6.60. The zero-order valence-corrected chi connectivity index (χ0v) is 14.8. The average Bonchev–Trinajstić information content (AvgIpc) is 2.56. The molecule has 25 heavy (non-hydrogen) atoms. The van der Waals surface area contributed by atoms with E-state index in [2.05, 4.69) is 10.9 Å². The van der Waals surface area contributed by atoms with Crippen LogP contribution in [-0.2, 0) is 9.59 Å². The summed E-state index contributed by atoms with van der Waals surface area (Å²) < 4.78 is 5.41. The van der Waals surface area contributed by atoms with Crippen molar-refractivity contribution in [2.45, 2.75) is 13.8 Å². The van der Waals surface area contributed by atoms with E-state index in [4.69, 9.17) is 16.3 Å². The Labute approximate surface area is 151 Å². The van der Waals surface area contributed by atoms with Crippen LogP contribution in [0.15, 0.2) is 48.5 Å². The number of amides is 2. The molecule has 0 aliphatic heterocycles. The summed E-state index contributed by atoms with van der Waals surface area (Å²) in [5.41, 5.74) is 7.38. The summed E-state index contributed by atoms with van der Waals surface area (Å²) >= 11 is 5.99. The van der Waals surface area contributed by atoms with Crippen molar-refractivity contribution in [1.29, 1.82) is 0 Å². The summed E-state index contributed by atoms with van der Waals surface area (Å²) in [6, 6.07) is 12.8. The topological polar surface area (TPSA) is 67.4 Å². The number of benzene rings is 2. The highest BCUT2D eigenvalue weighted by atomic mass is 35.5. The molecular formula is C19H19ClN2O3. The molecule has 0 radical (unpaired) electrons. The standard InChI is InChI=1S/C19H19ClN2O3/c1-13-9-14(2)11-16(10-13)25-12-19(24)22-21-18(23)8-7-15-5-3-4-6-17(15)20/h3-11H,12H2,1-2H3,(H,21,23)(H,22,24). The van der Waals surface area contributed by atoms with Crippen molar-refractivity contribution in [1.82, 2.24) is 10.9 Å². The smallest absolute Gasteiger partial charge is 0.276 e. The highest BCUT2D eigenvalue weighted by Crippen LogP contribution is 2.16. The summed E-state index contributed by atoms with van der Waals surface area (Å²) in [6.45, 7) is 3.70. The van der Waals surface area contributed by atoms with Crippen molar-refractivity contribution >= 4 is 29.5 Å². The second-order valence-electron chi connectivity index (χ2n) is 5.50. The average molecular weight is 359 g/mol. The Hall–Kier alpha value is -2.79. The fraction of sp³-hybridized carbons (Fsp3) is 0.158. The Morgan fingerprint density at radius 3 is 2.44 bits per heavy atom. The van der Waals surface area contributed by atoms with Crippen molar-refractivity contribution in [3.05, 3.63) is 70.3 Å². The highest BCUT2D eigenvalue weighted by molar-refractivity contribution is 6.32. The van der Waals surface area contributed by atoms with Gasteiger partial charge in [-0.25, -0.2) is 0 Å². The van der Waals surface area contributed by atoms with Gasteiger partial charge in [0.1, 0.15) is 5.75 Å². The van der Waals surface area contributed by atoms with Gasteiger partial charge >= 0.3 is 0 Å². The third-order valence-corrected chi connectivity index (χ3v) is 3.55. The first kappa shape index (κ1) is 18.5. The minimum absolute atomic E-state index is 0.197. The predicted octanol–water partition coefficient (Wildman–Crippen LogP) is 3.20. The van der Waals surface area contributed by atoms with Gasteiger partial charge in [-0.2, -0.15) is 0 Å². The Morgan fingerprint density at radius 2 is 1.76 bits per heavy atom. The van der Waals surface area contributed by atoms with Gasteiger partial charge in [0.15, 0.2) is 6.61 Å². The zero-order valence-electron chi connectivity index (χ0n) is 14.0. The minimum atomic E-state index is -0.473. The summed E-state index contributed by atoms with van der Waals surface area (Å²) in [5, 5.41) is 0.539. The van der Waals surface area contributed by atoms with Gasteiger partial charge in [0.25, 0.3) is 11.8 Å². The molecule has 0 atom stereocenters. The van der Waals surface area contributed by atoms with Crippen LogP contribution < -0.4 is 15.6 Å². The third kappa shape index (κ3) is 6.31. The molecule has 0 aromatic heterocycles. The van der Waals surface area contributed by atoms with Crippen molar-refractivity contribution in [2.24, 2.45) is 0 Å². The molecule has 0 saturated heterocycles. The largest absolute Gasteiger partial charge is 0.484 e. The highest BCUT2D eigenvalue weighted by Gasteiger charge is 2.05. The van der Waals surface area contributed by atoms with E-state index in [0.717, 1.165) is 11.1 Å². The lowest BCUT2D eigenvalue weighted by atomic mass is 10.1. The quantitative estimate of drug-likeness (QED) is 0.637. The second kappa shape index (κ2) is 8.89. The van der Waals surface area contributed by atoms with Gasteiger partial charge in [-0.1, -0.05) is 35.9 Å². The molecule has 2 rings (SSSR count). The number of nitrogens with one attached hydrogen (secondary N) is 2. The van der Waals surface area contributed by atoms with E-state index in [1.54, 1.807) is 24.3 Å². The Morgan fingerprint density at radius 1 is 1.08 bits per heavy atom. The van der Waals surface area contributed by atoms with E-state index in [0.29, 0.717) is 16.3 Å². The van der Waals surface area contributed by atoms with Crippen LogP contribution in [0.25, 0.3) is 6.08 Å². The molecule has 2 aromatic carbocycles. The molecule has 0 fully saturated rings. The summed E-state index contributed by atoms with van der Waals surface area (Å²) in [4.78, 5) is 23.4. The van der Waals surface area contributed by atoms with Crippen LogP contribution in [0.5, 0.6) is 5.75 Å². The van der Waals surface area contributed by atoms with Gasteiger partial charge in [-0.3, -0.25) is 20.4 Å². The molecule has 0 saturated carbocycles. The van der Waals surface area contributed by atoms with Crippen LogP contribution in [0.4, 0.5) is 0 Å². The number of halogens is 1. The van der Waals surface area contributed by atoms with Gasteiger partial charge in [0.2, 0.25) is 0 Å². The zero-order chi connectivity index (χ0) is 18.2. The fourth-order valence-electron chi connectivity index (χ4n) is 2.15. The lowest BCUT2D eigenvalue weighted by Gasteiger charge is -2.09. The maximum Gasteiger partial charge on any atom is 0.276 e. The van der Waals surface area contributed by atoms with Crippen LogP contribution in [0.1, 0.15) is 16.7 Å². The van der Waals surface area contributed by atoms with Gasteiger partial charge < -0.3 is 4.74 Å². The monoisotopic (exact) mass is 358 g/mol. The molecule has 0 unspecified atom stereocenters. The van der Waals surface area contributed by atoms with Gasteiger partial charge in [0.05, 0.1) is 0 Å². The van der Waals surface area contributed by atoms with Gasteiger partial charge in [-0.05, 0) is 54.8 Å². The van der Waals surface area contributed by atoms with Crippen LogP contribution in [0, 0.1) is 13.8 Å². The SMILES string of the molecule is Cc1cc(C)cc(OCC(=O)NNC(=O)C=Cc2ccccc2Cl)c1. The third-order valence-electron chi connectivity index (χ3n) is 3.21. The van der Waals surface area contributed by atoms with Crippen LogP contribution in [-0.4, -0.2) is 18.4 Å². The molecule has 0 heterocycles. The number of ether oxygens (including phenoxy) is 1. The van der Waals surface area contributed by atoms with E-state index in [1.165, 1.54) is 6.08 Å². The number of hydrogen-bond acceptors (Lipinski definition) is 3. The maximum atomic E-state index is 11.7. The van der Waals surface area contributed by atoms with E-state index >= 15 is 0 Å². The van der Waals surface area contributed by atoms with E-state index in [-0.39, 0.29) is 6.61 Å². The number of rotatable bonds is 5. The van der Waals surface area contributed by atoms with Gasteiger partial charge in [-0.15, -0.1) is 0 Å². The normalized spacial score (nSPS) is 10.5. The molecule has 0 aliphatic carbocycles. The van der Waals surface area contributed by atoms with Crippen LogP contribution in [0.2, 0.25) is 5.02 Å². The van der Waals surface area contributed by atoms with E-state index in [9.17, 15) is 9.59 Å². The lowest BCUT2D eigenvalue weighted by Crippen LogP contribution is -2.43. The molecule has 2 aromatic rings. The first-order valence-corrected chi connectivity index (χ1v) is 8.04. The number of hydrogen-bond donors (Lipinski definition) is 2. The Bertz CT molecular complexity index is 783. The second-order valence-corrected chi connectivity index (χ2v) is 5.91. The molecule has 6 heteroatoms. The van der Waals surface area contributed by atoms with Crippen molar-refractivity contribution < 1.29 is 14.3 Å². The number of hydrazine groups is 1. The van der Waals surface area contributed by atoms with Crippen molar-refractivity contribution in [2.75, 3.05) is 6.61 Å². The number of carbonyl (C=O) groups is 2. The predicted molar refractivity (Wildman–Crippen MR) is 98.2 cm³/mol. The summed E-state index contributed by atoms with van der Waals surface area (Å²) in [6.07, 6.45) is 2.85. The molecule has 0 aliphatic rings. The first-order valence-electron chi connectivity index (χ1n) is 7.66.